The minimum atomic E-state index is -0.522. The lowest BCUT2D eigenvalue weighted by molar-refractivity contribution is -0.129. The number of amides is 2. The molecule has 0 aromatic rings. The van der Waals surface area contributed by atoms with Crippen LogP contribution in [-0.2, 0) is 9.53 Å². The number of carbonyl (C=O) groups excluding carboxylic acids is 2. The molecule has 2 aliphatic rings. The minimum Gasteiger partial charge on any atom is -0.444 e. The molecule has 0 atom stereocenters. The summed E-state index contributed by atoms with van der Waals surface area (Å²) in [4.78, 5) is 25.9. The van der Waals surface area contributed by atoms with E-state index in [0.29, 0.717) is 25.4 Å². The van der Waals surface area contributed by atoms with Gasteiger partial charge in [0.25, 0.3) is 0 Å². The SMILES string of the molecule is CCN(CC1=NN(CC2CCCC2)C(=O)C1)C(=O)OC(C)(C)C. The Labute approximate surface area is 138 Å². The first-order valence-electron chi connectivity index (χ1n) is 8.63. The van der Waals surface area contributed by atoms with E-state index in [4.69, 9.17) is 4.74 Å². The van der Waals surface area contributed by atoms with E-state index in [2.05, 4.69) is 5.10 Å². The molecule has 1 aliphatic carbocycles. The van der Waals surface area contributed by atoms with E-state index in [-0.39, 0.29) is 12.0 Å². The standard InChI is InChI=1S/C17H29N3O3/c1-5-19(16(22)23-17(2,3)4)12-14-10-15(21)20(18-14)11-13-8-6-7-9-13/h13H,5-12H2,1-4H3. The average molecular weight is 323 g/mol. The molecule has 0 bridgehead atoms. The van der Waals surface area contributed by atoms with E-state index in [9.17, 15) is 9.59 Å². The highest BCUT2D eigenvalue weighted by atomic mass is 16.6. The van der Waals surface area contributed by atoms with Gasteiger partial charge in [-0.25, -0.2) is 9.80 Å². The van der Waals surface area contributed by atoms with Crippen LogP contribution < -0.4 is 0 Å². The molecule has 0 radical (unpaired) electrons. The lowest BCUT2D eigenvalue weighted by Crippen LogP contribution is -2.39. The summed E-state index contributed by atoms with van der Waals surface area (Å²) in [6, 6.07) is 0. The Hall–Kier alpha value is -1.59. The zero-order valence-corrected chi connectivity index (χ0v) is 14.8. The van der Waals surface area contributed by atoms with Gasteiger partial charge in [0.1, 0.15) is 5.60 Å². The topological polar surface area (TPSA) is 62.2 Å². The van der Waals surface area contributed by atoms with E-state index in [1.54, 1.807) is 9.91 Å². The quantitative estimate of drug-likeness (QED) is 0.781. The van der Waals surface area contributed by atoms with Gasteiger partial charge in [0.2, 0.25) is 5.91 Å². The fourth-order valence-corrected chi connectivity index (χ4v) is 3.05. The number of carbonyl (C=O) groups is 2. The molecule has 6 nitrogen and oxygen atoms in total. The molecule has 0 saturated heterocycles. The lowest BCUT2D eigenvalue weighted by Gasteiger charge is -2.26. The number of ether oxygens (including phenoxy) is 1. The van der Waals surface area contributed by atoms with E-state index in [0.717, 1.165) is 12.3 Å². The largest absolute Gasteiger partial charge is 0.444 e. The Morgan fingerprint density at radius 3 is 2.57 bits per heavy atom. The monoisotopic (exact) mass is 323 g/mol. The Morgan fingerprint density at radius 1 is 1.35 bits per heavy atom. The number of hydrazone groups is 1. The van der Waals surface area contributed by atoms with Crippen molar-refractivity contribution >= 4 is 17.7 Å². The van der Waals surface area contributed by atoms with Crippen LogP contribution in [0.25, 0.3) is 0 Å². The molecule has 6 heteroatoms. The predicted octanol–water partition coefficient (Wildman–Crippen LogP) is 3.02. The molecule has 0 N–H and O–H groups in total. The summed E-state index contributed by atoms with van der Waals surface area (Å²) in [7, 11) is 0. The molecule has 0 aromatic heterocycles. The Morgan fingerprint density at radius 2 is 2.00 bits per heavy atom. The first-order valence-corrected chi connectivity index (χ1v) is 8.63. The summed E-state index contributed by atoms with van der Waals surface area (Å²) in [5, 5.41) is 6.06. The molecule has 0 aromatic carbocycles. The van der Waals surface area contributed by atoms with Crippen molar-refractivity contribution in [3.8, 4) is 0 Å². The van der Waals surface area contributed by atoms with Gasteiger partial charge in [-0.15, -0.1) is 0 Å². The Balaban J connectivity index is 1.92. The highest BCUT2D eigenvalue weighted by Crippen LogP contribution is 2.26. The maximum Gasteiger partial charge on any atom is 0.410 e. The summed E-state index contributed by atoms with van der Waals surface area (Å²) >= 11 is 0. The average Bonchev–Trinajstić information content (AvgIpc) is 3.05. The maximum absolute atomic E-state index is 12.2. The first kappa shape index (κ1) is 17.8. The van der Waals surface area contributed by atoms with Gasteiger partial charge >= 0.3 is 6.09 Å². The summed E-state index contributed by atoms with van der Waals surface area (Å²) in [5.41, 5.74) is 0.229. The number of hydrogen-bond donors (Lipinski definition) is 0. The number of nitrogens with zero attached hydrogens (tertiary/aromatic N) is 3. The van der Waals surface area contributed by atoms with Crippen LogP contribution in [-0.4, -0.2) is 52.9 Å². The van der Waals surface area contributed by atoms with Crippen LogP contribution in [0.4, 0.5) is 4.79 Å². The molecule has 23 heavy (non-hydrogen) atoms. The maximum atomic E-state index is 12.2. The minimum absolute atomic E-state index is 0.0483. The van der Waals surface area contributed by atoms with Gasteiger partial charge in [0.15, 0.2) is 0 Å². The highest BCUT2D eigenvalue weighted by molar-refractivity contribution is 6.06. The van der Waals surface area contributed by atoms with Crippen molar-refractivity contribution in [2.75, 3.05) is 19.6 Å². The fraction of sp³-hybridized carbons (Fsp3) is 0.824. The van der Waals surface area contributed by atoms with Crippen molar-refractivity contribution < 1.29 is 14.3 Å². The summed E-state index contributed by atoms with van der Waals surface area (Å²) in [6.07, 6.45) is 4.84. The van der Waals surface area contributed by atoms with Crippen molar-refractivity contribution in [3.05, 3.63) is 0 Å². The van der Waals surface area contributed by atoms with E-state index >= 15 is 0 Å². The number of rotatable bonds is 5. The normalized spacial score (nSPS) is 19.2. The van der Waals surface area contributed by atoms with Crippen molar-refractivity contribution in [2.24, 2.45) is 11.0 Å². The van der Waals surface area contributed by atoms with E-state index < -0.39 is 5.60 Å². The van der Waals surface area contributed by atoms with Crippen LogP contribution in [0.1, 0.15) is 59.8 Å². The lowest BCUT2D eigenvalue weighted by atomic mass is 10.1. The molecule has 1 saturated carbocycles. The summed E-state index contributed by atoms with van der Waals surface area (Å²) in [6.45, 7) is 9.05. The van der Waals surface area contributed by atoms with E-state index in [1.165, 1.54) is 25.7 Å². The molecular formula is C17H29N3O3. The molecule has 0 spiro atoms. The molecular weight excluding hydrogens is 294 g/mol. The number of hydrogen-bond acceptors (Lipinski definition) is 4. The van der Waals surface area contributed by atoms with Crippen molar-refractivity contribution in [1.29, 1.82) is 0 Å². The van der Waals surface area contributed by atoms with Crippen LogP contribution in [0, 0.1) is 5.92 Å². The zero-order valence-electron chi connectivity index (χ0n) is 14.8. The van der Waals surface area contributed by atoms with Crippen molar-refractivity contribution in [3.63, 3.8) is 0 Å². The molecule has 2 rings (SSSR count). The third-order valence-corrected chi connectivity index (χ3v) is 4.22. The Kier molecular flexibility index (Phi) is 5.65. The smallest absolute Gasteiger partial charge is 0.410 e. The van der Waals surface area contributed by atoms with Crippen LogP contribution in [0.5, 0.6) is 0 Å². The second kappa shape index (κ2) is 7.32. The zero-order chi connectivity index (χ0) is 17.0. The van der Waals surface area contributed by atoms with Gasteiger partial charge in [-0.2, -0.15) is 5.10 Å². The van der Waals surface area contributed by atoms with Crippen LogP contribution >= 0.6 is 0 Å². The van der Waals surface area contributed by atoms with Gasteiger partial charge in [-0.3, -0.25) is 4.79 Å². The van der Waals surface area contributed by atoms with Crippen LogP contribution in [0.3, 0.4) is 0 Å². The Bertz CT molecular complexity index is 476. The molecule has 2 amide bonds. The second-order valence-corrected chi connectivity index (χ2v) is 7.46. The molecule has 1 fully saturated rings. The van der Waals surface area contributed by atoms with Crippen LogP contribution in [0.2, 0.25) is 0 Å². The van der Waals surface area contributed by atoms with Gasteiger partial charge in [0, 0.05) is 13.1 Å². The molecule has 130 valence electrons. The van der Waals surface area contributed by atoms with Gasteiger partial charge < -0.3 is 9.64 Å². The van der Waals surface area contributed by atoms with Gasteiger partial charge in [-0.05, 0) is 46.5 Å². The first-order chi connectivity index (χ1) is 10.8. The fourth-order valence-electron chi connectivity index (χ4n) is 3.05. The second-order valence-electron chi connectivity index (χ2n) is 7.46. The third-order valence-electron chi connectivity index (χ3n) is 4.22. The highest BCUT2D eigenvalue weighted by Gasteiger charge is 2.30. The van der Waals surface area contributed by atoms with Crippen molar-refractivity contribution in [2.45, 2.75) is 65.4 Å². The third kappa shape index (κ3) is 5.22. The summed E-state index contributed by atoms with van der Waals surface area (Å²) < 4.78 is 5.40. The van der Waals surface area contributed by atoms with Gasteiger partial charge in [-0.1, -0.05) is 12.8 Å². The van der Waals surface area contributed by atoms with Gasteiger partial charge in [0.05, 0.1) is 18.7 Å². The van der Waals surface area contributed by atoms with Crippen molar-refractivity contribution in [1.82, 2.24) is 9.91 Å². The predicted molar refractivity (Wildman–Crippen MR) is 89.2 cm³/mol. The molecule has 0 unspecified atom stereocenters. The molecule has 1 aliphatic heterocycles. The van der Waals surface area contributed by atoms with E-state index in [1.807, 2.05) is 27.7 Å². The van der Waals surface area contributed by atoms with Crippen LogP contribution in [0.15, 0.2) is 5.10 Å². The molecule has 1 heterocycles. The summed E-state index contributed by atoms with van der Waals surface area (Å²) in [5.74, 6) is 0.627.